The van der Waals surface area contributed by atoms with Gasteiger partial charge < -0.3 is 10.8 Å². The molecule has 4 N–H and O–H groups in total. The van der Waals surface area contributed by atoms with Crippen LogP contribution in [0.15, 0.2) is 11.1 Å². The molecule has 7 nitrogen and oxygen atoms in total. The van der Waals surface area contributed by atoms with Crippen LogP contribution in [-0.2, 0) is 16.6 Å². The molecular formula is C8H14F2N4O3S. The van der Waals surface area contributed by atoms with Crippen molar-refractivity contribution < 1.29 is 22.3 Å². The second-order valence-corrected chi connectivity index (χ2v) is 5.22. The summed E-state index contributed by atoms with van der Waals surface area (Å²) in [4.78, 5) is -0.300. The molecule has 0 aliphatic rings. The molecule has 0 saturated heterocycles. The van der Waals surface area contributed by atoms with E-state index in [1.807, 2.05) is 4.72 Å². The van der Waals surface area contributed by atoms with Crippen molar-refractivity contribution in [2.75, 3.05) is 12.3 Å². The van der Waals surface area contributed by atoms with Crippen LogP contribution in [0.4, 0.5) is 14.6 Å². The molecule has 1 heterocycles. The lowest BCUT2D eigenvalue weighted by molar-refractivity contribution is -0.000450. The van der Waals surface area contributed by atoms with Crippen molar-refractivity contribution >= 4 is 15.8 Å². The van der Waals surface area contributed by atoms with E-state index in [0.717, 1.165) is 0 Å². The number of sulfonamides is 1. The zero-order valence-electron chi connectivity index (χ0n) is 9.55. The van der Waals surface area contributed by atoms with Crippen molar-refractivity contribution in [3.05, 3.63) is 6.20 Å². The van der Waals surface area contributed by atoms with Crippen LogP contribution in [-0.4, -0.2) is 42.4 Å². The average molecular weight is 284 g/mol. The summed E-state index contributed by atoms with van der Waals surface area (Å²) >= 11 is 0. The van der Waals surface area contributed by atoms with Crippen molar-refractivity contribution in [3.63, 3.8) is 0 Å². The summed E-state index contributed by atoms with van der Waals surface area (Å²) in [5, 5.41) is 12.6. The van der Waals surface area contributed by atoms with E-state index in [1.54, 1.807) is 6.92 Å². The minimum atomic E-state index is -4.06. The summed E-state index contributed by atoms with van der Waals surface area (Å²) in [7, 11) is -4.06. The molecule has 1 aromatic rings. The van der Waals surface area contributed by atoms with Gasteiger partial charge in [0.15, 0.2) is 5.82 Å². The van der Waals surface area contributed by atoms with E-state index < -0.39 is 29.1 Å². The van der Waals surface area contributed by atoms with Crippen LogP contribution in [0, 0.1) is 0 Å². The third-order valence-corrected chi connectivity index (χ3v) is 3.58. The third-order valence-electron chi connectivity index (χ3n) is 2.14. The Bertz CT molecular complexity index is 502. The zero-order valence-corrected chi connectivity index (χ0v) is 10.4. The number of alkyl halides is 2. The molecular weight excluding hydrogens is 270 g/mol. The van der Waals surface area contributed by atoms with Gasteiger partial charge in [-0.1, -0.05) is 0 Å². The second kappa shape index (κ2) is 5.59. The van der Waals surface area contributed by atoms with E-state index >= 15 is 0 Å². The molecule has 1 unspecified atom stereocenters. The van der Waals surface area contributed by atoms with Crippen LogP contribution < -0.4 is 10.5 Å². The summed E-state index contributed by atoms with van der Waals surface area (Å²) in [5.74, 6) is -0.226. The quantitative estimate of drug-likeness (QED) is 0.645. The summed E-state index contributed by atoms with van der Waals surface area (Å²) in [6.45, 7) is 1.35. The maximum atomic E-state index is 12.0. The van der Waals surface area contributed by atoms with Crippen LogP contribution in [0.25, 0.3) is 0 Å². The second-order valence-electron chi connectivity index (χ2n) is 3.49. The fraction of sp³-hybridized carbons (Fsp3) is 0.625. The highest BCUT2D eigenvalue weighted by Crippen LogP contribution is 2.16. The van der Waals surface area contributed by atoms with Crippen molar-refractivity contribution in [3.8, 4) is 0 Å². The maximum absolute atomic E-state index is 12.0. The lowest BCUT2D eigenvalue weighted by Gasteiger charge is -2.10. The predicted octanol–water partition coefficient (Wildman–Crippen LogP) is -0.610. The Kier molecular flexibility index (Phi) is 4.59. The van der Waals surface area contributed by atoms with Crippen molar-refractivity contribution in [1.82, 2.24) is 14.5 Å². The first-order chi connectivity index (χ1) is 8.27. The van der Waals surface area contributed by atoms with E-state index in [9.17, 15) is 17.2 Å². The molecule has 0 amide bonds. The minimum absolute atomic E-state index is 0.226. The molecule has 0 aromatic carbocycles. The van der Waals surface area contributed by atoms with Crippen LogP contribution in [0.3, 0.4) is 0 Å². The monoisotopic (exact) mass is 284 g/mol. The van der Waals surface area contributed by atoms with Gasteiger partial charge in [0.1, 0.15) is 11.0 Å². The predicted molar refractivity (Wildman–Crippen MR) is 59.5 cm³/mol. The molecule has 18 heavy (non-hydrogen) atoms. The standard InChI is InChI=1S/C8H14F2N4O3S/c1-2-14-4-6(8(11)13-14)18(16,17)12-3-5(15)7(9)10/h4-5,7,12,15H,2-3H2,1H3,(H2,11,13). The Balaban J connectivity index is 2.83. The average Bonchev–Trinajstić information content (AvgIpc) is 2.68. The normalized spacial score (nSPS) is 14.1. The number of aliphatic hydroxyl groups is 1. The van der Waals surface area contributed by atoms with Gasteiger partial charge in [-0.25, -0.2) is 21.9 Å². The number of hydrogen-bond donors (Lipinski definition) is 3. The Morgan fingerprint density at radius 2 is 2.22 bits per heavy atom. The number of aryl methyl sites for hydroxylation is 1. The minimum Gasteiger partial charge on any atom is -0.386 e. The van der Waals surface area contributed by atoms with Gasteiger partial charge in [-0.3, -0.25) is 4.68 Å². The fourth-order valence-electron chi connectivity index (χ4n) is 1.15. The highest BCUT2D eigenvalue weighted by molar-refractivity contribution is 7.89. The topological polar surface area (TPSA) is 110 Å². The number of nitrogens with two attached hydrogens (primary N) is 1. The number of aromatic nitrogens is 2. The van der Waals surface area contributed by atoms with E-state index in [2.05, 4.69) is 5.10 Å². The maximum Gasteiger partial charge on any atom is 0.265 e. The number of rotatable bonds is 6. The third kappa shape index (κ3) is 3.37. The van der Waals surface area contributed by atoms with Crippen LogP contribution in [0.1, 0.15) is 6.92 Å². The summed E-state index contributed by atoms with van der Waals surface area (Å²) < 4.78 is 50.6. The van der Waals surface area contributed by atoms with Crippen LogP contribution in [0.2, 0.25) is 0 Å². The smallest absolute Gasteiger partial charge is 0.265 e. The van der Waals surface area contributed by atoms with E-state index in [-0.39, 0.29) is 10.7 Å². The first kappa shape index (κ1) is 14.8. The molecule has 0 aliphatic heterocycles. The highest BCUT2D eigenvalue weighted by Gasteiger charge is 2.24. The van der Waals surface area contributed by atoms with Gasteiger partial charge >= 0.3 is 0 Å². The number of nitrogens with one attached hydrogen (secondary N) is 1. The van der Waals surface area contributed by atoms with E-state index in [0.29, 0.717) is 6.54 Å². The fourth-order valence-corrected chi connectivity index (χ4v) is 2.27. The first-order valence-corrected chi connectivity index (χ1v) is 6.55. The zero-order chi connectivity index (χ0) is 13.9. The summed E-state index contributed by atoms with van der Waals surface area (Å²) in [6.07, 6.45) is -3.91. The molecule has 10 heteroatoms. The molecule has 0 saturated carbocycles. The first-order valence-electron chi connectivity index (χ1n) is 5.06. The van der Waals surface area contributed by atoms with Crippen molar-refractivity contribution in [2.45, 2.75) is 30.9 Å². The SMILES string of the molecule is CCn1cc(S(=O)(=O)NCC(O)C(F)F)c(N)n1. The number of nitrogens with zero attached hydrogens (tertiary/aromatic N) is 2. The van der Waals surface area contributed by atoms with Crippen molar-refractivity contribution in [2.24, 2.45) is 0 Å². The highest BCUT2D eigenvalue weighted by atomic mass is 32.2. The van der Waals surface area contributed by atoms with Gasteiger partial charge in [-0.15, -0.1) is 0 Å². The summed E-state index contributed by atoms with van der Waals surface area (Å²) in [5.41, 5.74) is 5.41. The van der Waals surface area contributed by atoms with Gasteiger partial charge in [-0.05, 0) is 6.92 Å². The number of hydrogen-bond acceptors (Lipinski definition) is 5. The lowest BCUT2D eigenvalue weighted by Crippen LogP contribution is -2.35. The van der Waals surface area contributed by atoms with Gasteiger partial charge in [0.2, 0.25) is 10.0 Å². The number of halogens is 2. The van der Waals surface area contributed by atoms with E-state index in [1.165, 1.54) is 10.9 Å². The van der Waals surface area contributed by atoms with Gasteiger partial charge in [0, 0.05) is 19.3 Å². The number of anilines is 1. The van der Waals surface area contributed by atoms with E-state index in [4.69, 9.17) is 10.8 Å². The summed E-state index contributed by atoms with van der Waals surface area (Å²) in [6, 6.07) is 0. The van der Waals surface area contributed by atoms with Gasteiger partial charge in [0.25, 0.3) is 6.43 Å². The Hall–Kier alpha value is -1.26. The molecule has 0 spiro atoms. The van der Waals surface area contributed by atoms with Crippen molar-refractivity contribution in [1.29, 1.82) is 0 Å². The molecule has 0 aliphatic carbocycles. The number of nitrogen functional groups attached to an aromatic ring is 1. The molecule has 1 atom stereocenters. The molecule has 1 rings (SSSR count). The van der Waals surface area contributed by atoms with Gasteiger partial charge in [-0.2, -0.15) is 5.10 Å². The largest absolute Gasteiger partial charge is 0.386 e. The molecule has 1 aromatic heterocycles. The van der Waals surface area contributed by atoms with Crippen LogP contribution in [0.5, 0.6) is 0 Å². The Morgan fingerprint density at radius 1 is 1.61 bits per heavy atom. The Morgan fingerprint density at radius 3 is 2.67 bits per heavy atom. The lowest BCUT2D eigenvalue weighted by atomic mass is 10.4. The number of aliphatic hydroxyl groups excluding tert-OH is 1. The molecule has 104 valence electrons. The Labute approximate surface area is 103 Å². The molecule has 0 bridgehead atoms. The molecule has 0 radical (unpaired) electrons. The molecule has 0 fully saturated rings. The van der Waals surface area contributed by atoms with Crippen LogP contribution >= 0.6 is 0 Å². The van der Waals surface area contributed by atoms with Gasteiger partial charge in [0.05, 0.1) is 0 Å².